The third kappa shape index (κ3) is 3.42. The molecule has 0 aromatic carbocycles. The van der Waals surface area contributed by atoms with Crippen molar-refractivity contribution in [1.82, 2.24) is 9.97 Å². The number of nitrogens with zero attached hydrogens (tertiary/aromatic N) is 3. The maximum absolute atomic E-state index is 5.61. The van der Waals surface area contributed by atoms with Crippen molar-refractivity contribution in [2.45, 2.75) is 39.0 Å². The first-order valence-electron chi connectivity index (χ1n) is 7.09. The van der Waals surface area contributed by atoms with E-state index in [0.717, 1.165) is 50.8 Å². The van der Waals surface area contributed by atoms with Crippen LogP contribution in [0.25, 0.3) is 0 Å². The van der Waals surface area contributed by atoms with Gasteiger partial charge in [0.1, 0.15) is 0 Å². The van der Waals surface area contributed by atoms with Crippen molar-refractivity contribution in [2.75, 3.05) is 24.5 Å². The molecule has 0 atom stereocenters. The van der Waals surface area contributed by atoms with Crippen molar-refractivity contribution in [2.24, 2.45) is 11.7 Å². The van der Waals surface area contributed by atoms with E-state index >= 15 is 0 Å². The standard InChI is InChI=1S/C14H24N4/c1-2-3-13-10-16-14(17-11-13)18-8-5-12(4-7-15)6-9-18/h10-12H,2-9,15H2,1H3. The van der Waals surface area contributed by atoms with Gasteiger partial charge in [0, 0.05) is 25.5 Å². The Hall–Kier alpha value is -1.16. The number of rotatable bonds is 5. The normalized spacial score (nSPS) is 17.1. The monoisotopic (exact) mass is 248 g/mol. The highest BCUT2D eigenvalue weighted by atomic mass is 15.2. The smallest absolute Gasteiger partial charge is 0.225 e. The number of aryl methyl sites for hydroxylation is 1. The molecule has 1 aromatic heterocycles. The van der Waals surface area contributed by atoms with Crippen molar-refractivity contribution in [1.29, 1.82) is 0 Å². The van der Waals surface area contributed by atoms with Gasteiger partial charge in [0.05, 0.1) is 0 Å². The second kappa shape index (κ2) is 6.69. The van der Waals surface area contributed by atoms with Crippen LogP contribution >= 0.6 is 0 Å². The lowest BCUT2D eigenvalue weighted by Crippen LogP contribution is -2.35. The zero-order valence-corrected chi connectivity index (χ0v) is 11.3. The van der Waals surface area contributed by atoms with Crippen molar-refractivity contribution < 1.29 is 0 Å². The fourth-order valence-corrected chi connectivity index (χ4v) is 2.59. The summed E-state index contributed by atoms with van der Waals surface area (Å²) >= 11 is 0. The molecule has 2 N–H and O–H groups in total. The zero-order chi connectivity index (χ0) is 12.8. The number of hydrogen-bond donors (Lipinski definition) is 1. The third-order valence-corrected chi connectivity index (χ3v) is 3.70. The molecule has 18 heavy (non-hydrogen) atoms. The third-order valence-electron chi connectivity index (χ3n) is 3.70. The average Bonchev–Trinajstić information content (AvgIpc) is 2.41. The van der Waals surface area contributed by atoms with Gasteiger partial charge in [-0.2, -0.15) is 0 Å². The quantitative estimate of drug-likeness (QED) is 0.866. The van der Waals surface area contributed by atoms with E-state index in [0.29, 0.717) is 0 Å². The molecule has 2 heterocycles. The zero-order valence-electron chi connectivity index (χ0n) is 11.3. The second-order valence-electron chi connectivity index (χ2n) is 5.15. The number of anilines is 1. The summed E-state index contributed by atoms with van der Waals surface area (Å²) in [5, 5.41) is 0. The van der Waals surface area contributed by atoms with Gasteiger partial charge in [-0.05, 0) is 43.7 Å². The molecule has 1 aromatic rings. The van der Waals surface area contributed by atoms with Crippen molar-refractivity contribution in [3.05, 3.63) is 18.0 Å². The van der Waals surface area contributed by atoms with Crippen LogP contribution in [0, 0.1) is 5.92 Å². The number of hydrogen-bond acceptors (Lipinski definition) is 4. The average molecular weight is 248 g/mol. The van der Waals surface area contributed by atoms with E-state index in [1.54, 1.807) is 0 Å². The highest BCUT2D eigenvalue weighted by Gasteiger charge is 2.20. The van der Waals surface area contributed by atoms with E-state index in [2.05, 4.69) is 21.8 Å². The molecule has 1 saturated heterocycles. The van der Waals surface area contributed by atoms with Crippen LogP contribution in [0.3, 0.4) is 0 Å². The highest BCUT2D eigenvalue weighted by molar-refractivity contribution is 5.30. The molecule has 1 fully saturated rings. The summed E-state index contributed by atoms with van der Waals surface area (Å²) in [5.74, 6) is 1.69. The van der Waals surface area contributed by atoms with Gasteiger partial charge in [0.2, 0.25) is 5.95 Å². The first-order chi connectivity index (χ1) is 8.83. The van der Waals surface area contributed by atoms with E-state index in [9.17, 15) is 0 Å². The number of aromatic nitrogens is 2. The molecule has 100 valence electrons. The first kappa shape index (κ1) is 13.3. The summed E-state index contributed by atoms with van der Waals surface area (Å²) in [6.45, 7) is 5.12. The molecular weight excluding hydrogens is 224 g/mol. The summed E-state index contributed by atoms with van der Waals surface area (Å²) in [6, 6.07) is 0. The van der Waals surface area contributed by atoms with E-state index in [1.807, 2.05) is 12.4 Å². The Morgan fingerprint density at radius 3 is 2.50 bits per heavy atom. The fourth-order valence-electron chi connectivity index (χ4n) is 2.59. The van der Waals surface area contributed by atoms with E-state index in [4.69, 9.17) is 5.73 Å². The Balaban J connectivity index is 1.89. The second-order valence-corrected chi connectivity index (χ2v) is 5.15. The molecule has 0 amide bonds. The molecule has 0 radical (unpaired) electrons. The van der Waals surface area contributed by atoms with Gasteiger partial charge in [-0.25, -0.2) is 9.97 Å². The topological polar surface area (TPSA) is 55.0 Å². The molecule has 0 saturated carbocycles. The summed E-state index contributed by atoms with van der Waals surface area (Å²) < 4.78 is 0. The van der Waals surface area contributed by atoms with Crippen LogP contribution in [-0.4, -0.2) is 29.6 Å². The van der Waals surface area contributed by atoms with Gasteiger partial charge in [0.25, 0.3) is 0 Å². The van der Waals surface area contributed by atoms with Crippen LogP contribution in [0.5, 0.6) is 0 Å². The van der Waals surface area contributed by atoms with Crippen LogP contribution in [0.2, 0.25) is 0 Å². The predicted octanol–water partition coefficient (Wildman–Crippen LogP) is 1.99. The maximum atomic E-state index is 5.61. The SMILES string of the molecule is CCCc1cnc(N2CCC(CCN)CC2)nc1. The Morgan fingerprint density at radius 1 is 1.28 bits per heavy atom. The summed E-state index contributed by atoms with van der Waals surface area (Å²) in [5.41, 5.74) is 6.85. The number of nitrogens with two attached hydrogens (primary N) is 1. The Labute approximate surface area is 110 Å². The lowest BCUT2D eigenvalue weighted by molar-refractivity contribution is 0.383. The van der Waals surface area contributed by atoms with Crippen molar-refractivity contribution in [3.8, 4) is 0 Å². The molecule has 2 rings (SSSR count). The van der Waals surface area contributed by atoms with E-state index < -0.39 is 0 Å². The van der Waals surface area contributed by atoms with Gasteiger partial charge < -0.3 is 10.6 Å². The molecule has 0 bridgehead atoms. The fraction of sp³-hybridized carbons (Fsp3) is 0.714. The van der Waals surface area contributed by atoms with Gasteiger partial charge in [-0.1, -0.05) is 13.3 Å². The summed E-state index contributed by atoms with van der Waals surface area (Å²) in [4.78, 5) is 11.3. The lowest BCUT2D eigenvalue weighted by Gasteiger charge is -2.31. The van der Waals surface area contributed by atoms with Crippen LogP contribution in [-0.2, 0) is 6.42 Å². The van der Waals surface area contributed by atoms with Crippen LogP contribution in [0.15, 0.2) is 12.4 Å². The van der Waals surface area contributed by atoms with Gasteiger partial charge >= 0.3 is 0 Å². The first-order valence-corrected chi connectivity index (χ1v) is 7.09. The largest absolute Gasteiger partial charge is 0.341 e. The van der Waals surface area contributed by atoms with E-state index in [-0.39, 0.29) is 0 Å². The Bertz CT molecular complexity index is 341. The molecule has 0 aliphatic carbocycles. The molecule has 0 spiro atoms. The van der Waals surface area contributed by atoms with Crippen molar-refractivity contribution in [3.63, 3.8) is 0 Å². The van der Waals surface area contributed by atoms with Crippen LogP contribution in [0.1, 0.15) is 38.2 Å². The summed E-state index contributed by atoms with van der Waals surface area (Å²) in [6.07, 6.45) is 9.75. The molecule has 1 aliphatic heterocycles. The number of piperidine rings is 1. The van der Waals surface area contributed by atoms with Gasteiger partial charge in [-0.15, -0.1) is 0 Å². The minimum absolute atomic E-state index is 0.797. The molecular formula is C14H24N4. The highest BCUT2D eigenvalue weighted by Crippen LogP contribution is 2.22. The molecule has 1 aliphatic rings. The van der Waals surface area contributed by atoms with Crippen molar-refractivity contribution >= 4 is 5.95 Å². The minimum atomic E-state index is 0.797. The summed E-state index contributed by atoms with van der Waals surface area (Å²) in [7, 11) is 0. The van der Waals surface area contributed by atoms with Crippen LogP contribution in [0.4, 0.5) is 5.95 Å². The lowest BCUT2D eigenvalue weighted by atomic mass is 9.94. The Kier molecular flexibility index (Phi) is 4.93. The van der Waals surface area contributed by atoms with Gasteiger partial charge in [0.15, 0.2) is 0 Å². The van der Waals surface area contributed by atoms with Gasteiger partial charge in [-0.3, -0.25) is 0 Å². The molecule has 0 unspecified atom stereocenters. The predicted molar refractivity (Wildman–Crippen MR) is 74.6 cm³/mol. The maximum Gasteiger partial charge on any atom is 0.225 e. The van der Waals surface area contributed by atoms with Crippen LogP contribution < -0.4 is 10.6 Å². The Morgan fingerprint density at radius 2 is 1.94 bits per heavy atom. The van der Waals surface area contributed by atoms with E-state index in [1.165, 1.54) is 18.4 Å². The molecule has 4 heteroatoms. The minimum Gasteiger partial charge on any atom is -0.341 e. The molecule has 4 nitrogen and oxygen atoms in total.